The molecule has 23 heavy (non-hydrogen) atoms. The smallest absolute Gasteiger partial charge is 0.307 e. The molecule has 6 heteroatoms. The highest BCUT2D eigenvalue weighted by Gasteiger charge is 2.35. The fourth-order valence-electron chi connectivity index (χ4n) is 3.09. The number of hydrogen-bond acceptors (Lipinski definition) is 4. The van der Waals surface area contributed by atoms with Gasteiger partial charge in [-0.25, -0.2) is 0 Å². The molecule has 2 rings (SSSR count). The highest BCUT2D eigenvalue weighted by atomic mass is 16.5. The van der Waals surface area contributed by atoms with Gasteiger partial charge in [0.2, 0.25) is 5.91 Å². The van der Waals surface area contributed by atoms with E-state index in [0.717, 1.165) is 18.4 Å². The number of nitrogens with one attached hydrogen (secondary N) is 1. The van der Waals surface area contributed by atoms with Crippen molar-refractivity contribution in [2.24, 2.45) is 11.8 Å². The van der Waals surface area contributed by atoms with Crippen LogP contribution in [0.1, 0.15) is 31.2 Å². The first-order valence-electron chi connectivity index (χ1n) is 7.89. The molecule has 0 radical (unpaired) electrons. The summed E-state index contributed by atoms with van der Waals surface area (Å²) >= 11 is 0. The van der Waals surface area contributed by atoms with E-state index < -0.39 is 17.8 Å². The zero-order chi connectivity index (χ0) is 16.8. The summed E-state index contributed by atoms with van der Waals surface area (Å²) in [6, 6.07) is 5.10. The zero-order valence-electron chi connectivity index (χ0n) is 13.2. The molecule has 2 atom stereocenters. The third-order valence-corrected chi connectivity index (χ3v) is 4.38. The molecule has 126 valence electrons. The fraction of sp³-hybridized carbons (Fsp3) is 0.529. The lowest BCUT2D eigenvalue weighted by atomic mass is 9.78. The van der Waals surface area contributed by atoms with Crippen LogP contribution in [-0.2, 0) is 16.0 Å². The van der Waals surface area contributed by atoms with E-state index in [2.05, 4.69) is 5.32 Å². The molecule has 6 nitrogen and oxygen atoms in total. The third-order valence-electron chi connectivity index (χ3n) is 4.38. The predicted octanol–water partition coefficient (Wildman–Crippen LogP) is 1.95. The van der Waals surface area contributed by atoms with Gasteiger partial charge in [-0.1, -0.05) is 18.9 Å². The monoisotopic (exact) mass is 321 g/mol. The maximum absolute atomic E-state index is 12.2. The van der Waals surface area contributed by atoms with Crippen LogP contribution in [0, 0.1) is 11.8 Å². The summed E-state index contributed by atoms with van der Waals surface area (Å²) in [6.07, 6.45) is 3.53. The Bertz CT molecular complexity index is 572. The van der Waals surface area contributed by atoms with Crippen LogP contribution >= 0.6 is 0 Å². The Labute approximate surface area is 135 Å². The van der Waals surface area contributed by atoms with Crippen LogP contribution in [0.5, 0.6) is 11.5 Å². The van der Waals surface area contributed by atoms with Gasteiger partial charge in [0, 0.05) is 6.54 Å². The Balaban J connectivity index is 1.86. The van der Waals surface area contributed by atoms with E-state index in [0.29, 0.717) is 31.6 Å². The van der Waals surface area contributed by atoms with Crippen LogP contribution < -0.4 is 10.1 Å². The Morgan fingerprint density at radius 1 is 1.26 bits per heavy atom. The van der Waals surface area contributed by atoms with Crippen molar-refractivity contribution in [1.82, 2.24) is 5.32 Å². The Kier molecular flexibility index (Phi) is 5.84. The second-order valence-electron chi connectivity index (χ2n) is 5.88. The van der Waals surface area contributed by atoms with Gasteiger partial charge in [-0.05, 0) is 37.0 Å². The van der Waals surface area contributed by atoms with Crippen LogP contribution in [0.25, 0.3) is 0 Å². The van der Waals surface area contributed by atoms with Crippen LogP contribution in [-0.4, -0.2) is 35.7 Å². The van der Waals surface area contributed by atoms with Gasteiger partial charge < -0.3 is 20.3 Å². The number of carbonyl (C=O) groups excluding carboxylic acids is 1. The average Bonchev–Trinajstić information content (AvgIpc) is 2.55. The topological polar surface area (TPSA) is 95.9 Å². The van der Waals surface area contributed by atoms with E-state index in [1.807, 2.05) is 6.07 Å². The van der Waals surface area contributed by atoms with Crippen molar-refractivity contribution in [2.75, 3.05) is 13.7 Å². The molecule has 0 saturated heterocycles. The molecule has 1 aromatic carbocycles. The van der Waals surface area contributed by atoms with E-state index >= 15 is 0 Å². The van der Waals surface area contributed by atoms with Gasteiger partial charge in [0.25, 0.3) is 0 Å². The molecule has 0 bridgehead atoms. The minimum Gasteiger partial charge on any atom is -0.504 e. The quantitative estimate of drug-likeness (QED) is 0.744. The summed E-state index contributed by atoms with van der Waals surface area (Å²) in [5, 5.41) is 21.8. The van der Waals surface area contributed by atoms with Crippen molar-refractivity contribution in [3.05, 3.63) is 23.8 Å². The molecule has 1 saturated carbocycles. The van der Waals surface area contributed by atoms with E-state index in [1.54, 1.807) is 12.1 Å². The number of amides is 1. The van der Waals surface area contributed by atoms with Crippen LogP contribution in [0.4, 0.5) is 0 Å². The van der Waals surface area contributed by atoms with Gasteiger partial charge in [0.05, 0.1) is 18.9 Å². The molecule has 1 amide bonds. The van der Waals surface area contributed by atoms with Crippen LogP contribution in [0.2, 0.25) is 0 Å². The number of phenolic OH excluding ortho intramolecular Hbond substituents is 1. The number of carbonyl (C=O) groups is 2. The molecular weight excluding hydrogens is 298 g/mol. The van der Waals surface area contributed by atoms with E-state index in [4.69, 9.17) is 4.74 Å². The number of carboxylic acid groups (broad SMARTS) is 1. The second-order valence-corrected chi connectivity index (χ2v) is 5.88. The first-order chi connectivity index (χ1) is 11.0. The van der Waals surface area contributed by atoms with Crippen molar-refractivity contribution in [1.29, 1.82) is 0 Å². The Morgan fingerprint density at radius 2 is 1.96 bits per heavy atom. The summed E-state index contributed by atoms with van der Waals surface area (Å²) in [5.74, 6) is -1.61. The minimum absolute atomic E-state index is 0.0644. The third kappa shape index (κ3) is 4.37. The Morgan fingerprint density at radius 3 is 2.57 bits per heavy atom. The summed E-state index contributed by atoms with van der Waals surface area (Å²) in [4.78, 5) is 23.5. The minimum atomic E-state index is -0.884. The van der Waals surface area contributed by atoms with Gasteiger partial charge in [0.1, 0.15) is 0 Å². The molecule has 0 aromatic heterocycles. The van der Waals surface area contributed by atoms with E-state index in [1.165, 1.54) is 7.11 Å². The molecule has 1 aromatic rings. The molecule has 2 unspecified atom stereocenters. The zero-order valence-corrected chi connectivity index (χ0v) is 13.2. The summed E-state index contributed by atoms with van der Waals surface area (Å²) in [6.45, 7) is 0.410. The highest BCUT2D eigenvalue weighted by molar-refractivity contribution is 5.84. The Hall–Kier alpha value is -2.24. The molecule has 1 aliphatic rings. The summed E-state index contributed by atoms with van der Waals surface area (Å²) in [7, 11) is 1.48. The molecule has 1 fully saturated rings. The predicted molar refractivity (Wildman–Crippen MR) is 84.5 cm³/mol. The SMILES string of the molecule is COc1ccc(CCNC(=O)C2CCCCC2C(=O)O)cc1O. The first-order valence-corrected chi connectivity index (χ1v) is 7.89. The maximum atomic E-state index is 12.2. The average molecular weight is 321 g/mol. The second kappa shape index (κ2) is 7.85. The molecule has 3 N–H and O–H groups in total. The number of phenols is 1. The number of aliphatic carboxylic acids is 1. The summed E-state index contributed by atoms with van der Waals surface area (Å²) in [5.41, 5.74) is 0.877. The van der Waals surface area contributed by atoms with Gasteiger partial charge >= 0.3 is 5.97 Å². The molecule has 1 aliphatic carbocycles. The van der Waals surface area contributed by atoms with Crippen molar-refractivity contribution < 1.29 is 24.5 Å². The number of aromatic hydroxyl groups is 1. The van der Waals surface area contributed by atoms with Gasteiger partial charge in [-0.2, -0.15) is 0 Å². The molecular formula is C17H23NO5. The first kappa shape index (κ1) is 17.1. The maximum Gasteiger partial charge on any atom is 0.307 e. The number of ether oxygens (including phenoxy) is 1. The number of methoxy groups -OCH3 is 1. The highest BCUT2D eigenvalue weighted by Crippen LogP contribution is 2.30. The summed E-state index contributed by atoms with van der Waals surface area (Å²) < 4.78 is 4.98. The lowest BCUT2D eigenvalue weighted by molar-refractivity contribution is -0.148. The van der Waals surface area contributed by atoms with Crippen molar-refractivity contribution in [3.63, 3.8) is 0 Å². The largest absolute Gasteiger partial charge is 0.504 e. The van der Waals surface area contributed by atoms with Crippen molar-refractivity contribution in [3.8, 4) is 11.5 Å². The lowest BCUT2D eigenvalue weighted by Crippen LogP contribution is -2.40. The molecule has 0 spiro atoms. The van der Waals surface area contributed by atoms with E-state index in [9.17, 15) is 19.8 Å². The standard InChI is InChI=1S/C17H23NO5/c1-23-15-7-6-11(10-14(15)19)8-9-18-16(20)12-4-2-3-5-13(12)17(21)22/h6-7,10,12-13,19H,2-5,8-9H2,1H3,(H,18,20)(H,21,22). The molecule has 0 heterocycles. The van der Waals surface area contributed by atoms with Gasteiger partial charge in [-0.15, -0.1) is 0 Å². The normalized spacial score (nSPS) is 20.7. The van der Waals surface area contributed by atoms with Crippen molar-refractivity contribution >= 4 is 11.9 Å². The number of rotatable bonds is 6. The lowest BCUT2D eigenvalue weighted by Gasteiger charge is -2.27. The molecule has 0 aliphatic heterocycles. The van der Waals surface area contributed by atoms with Crippen molar-refractivity contribution in [2.45, 2.75) is 32.1 Å². The van der Waals surface area contributed by atoms with Gasteiger partial charge in [0.15, 0.2) is 11.5 Å². The number of benzene rings is 1. The fourth-order valence-corrected chi connectivity index (χ4v) is 3.09. The number of carboxylic acids is 1. The van der Waals surface area contributed by atoms with Gasteiger partial charge in [-0.3, -0.25) is 9.59 Å². The van der Waals surface area contributed by atoms with E-state index in [-0.39, 0.29) is 11.7 Å². The number of hydrogen-bond donors (Lipinski definition) is 3. The van der Waals surface area contributed by atoms with Crippen LogP contribution in [0.3, 0.4) is 0 Å². The van der Waals surface area contributed by atoms with Crippen LogP contribution in [0.15, 0.2) is 18.2 Å².